The van der Waals surface area contributed by atoms with Gasteiger partial charge in [-0.3, -0.25) is 14.9 Å². The average molecular weight is 449 g/mol. The second kappa shape index (κ2) is 7.97. The van der Waals surface area contributed by atoms with E-state index in [-0.39, 0.29) is 45.9 Å². The second-order valence-electron chi connectivity index (χ2n) is 9.90. The van der Waals surface area contributed by atoms with Crippen LogP contribution in [0.4, 0.5) is 5.69 Å². The molecular weight excluding hydrogens is 420 g/mol. The first-order valence-corrected chi connectivity index (χ1v) is 11.2. The molecule has 8 heteroatoms. The molecule has 2 aromatic rings. The van der Waals surface area contributed by atoms with Crippen molar-refractivity contribution in [1.82, 2.24) is 16.2 Å². The van der Waals surface area contributed by atoms with E-state index in [0.717, 1.165) is 34.6 Å². The number of allylic oxidation sites excluding steroid dienone is 2. The van der Waals surface area contributed by atoms with E-state index in [9.17, 15) is 14.9 Å². The Kier molecular flexibility index (Phi) is 5.22. The summed E-state index contributed by atoms with van der Waals surface area (Å²) in [5.41, 5.74) is 10.3. The number of nitro groups is 1. The molecular formula is C25H28N4O4. The maximum Gasteiger partial charge on any atom is 0.269 e. The number of rotatable bonds is 4. The van der Waals surface area contributed by atoms with Gasteiger partial charge in [0.25, 0.3) is 5.69 Å². The highest BCUT2D eigenvalue weighted by Crippen LogP contribution is 2.51. The lowest BCUT2D eigenvalue weighted by molar-refractivity contribution is -0.384. The smallest absolute Gasteiger partial charge is 0.269 e. The molecule has 0 saturated carbocycles. The molecule has 2 aromatic carbocycles. The van der Waals surface area contributed by atoms with Gasteiger partial charge < -0.3 is 10.1 Å². The molecule has 0 spiro atoms. The number of carbonyl (C=O) groups excluding carboxylic acids is 1. The summed E-state index contributed by atoms with van der Waals surface area (Å²) in [7, 11) is 1.63. The Morgan fingerprint density at radius 3 is 2.52 bits per heavy atom. The van der Waals surface area contributed by atoms with Crippen molar-refractivity contribution in [2.24, 2.45) is 11.3 Å². The highest BCUT2D eigenvalue weighted by atomic mass is 16.6. The summed E-state index contributed by atoms with van der Waals surface area (Å²) >= 11 is 0. The minimum absolute atomic E-state index is 0.0536. The Hall–Kier alpha value is -3.23. The lowest BCUT2D eigenvalue weighted by Gasteiger charge is -2.44. The lowest BCUT2D eigenvalue weighted by Crippen LogP contribution is -2.51. The fourth-order valence-electron chi connectivity index (χ4n) is 5.62. The predicted molar refractivity (Wildman–Crippen MR) is 123 cm³/mol. The van der Waals surface area contributed by atoms with Crippen LogP contribution in [-0.2, 0) is 4.79 Å². The highest BCUT2D eigenvalue weighted by Gasteiger charge is 2.51. The summed E-state index contributed by atoms with van der Waals surface area (Å²) in [6.45, 7) is 4.24. The number of fused-ring (bicyclic) bond motifs is 1. The number of hydrogen-bond acceptors (Lipinski definition) is 7. The van der Waals surface area contributed by atoms with Crippen molar-refractivity contribution in [1.29, 1.82) is 0 Å². The number of nitro benzene ring substituents is 1. The fraction of sp³-hybridized carbons (Fsp3) is 0.400. The summed E-state index contributed by atoms with van der Waals surface area (Å²) in [6.07, 6.45) is 1.18. The van der Waals surface area contributed by atoms with Crippen LogP contribution in [0, 0.1) is 21.4 Å². The number of hydrazine groups is 1. The SMILES string of the molecule is COc1ccc(C2C3=C(CC(C)(C)CC3=O)NC3NNC(c4cccc([N+](=O)[O-])c4)C32)cc1. The number of carbonyl (C=O) groups is 1. The molecule has 0 amide bonds. The van der Waals surface area contributed by atoms with E-state index in [0.29, 0.717) is 6.42 Å². The fourth-order valence-corrected chi connectivity index (χ4v) is 5.62. The van der Waals surface area contributed by atoms with Crippen molar-refractivity contribution < 1.29 is 14.5 Å². The molecule has 1 aliphatic carbocycles. The quantitative estimate of drug-likeness (QED) is 0.483. The molecule has 2 heterocycles. The van der Waals surface area contributed by atoms with Crippen LogP contribution in [0.2, 0.25) is 0 Å². The summed E-state index contributed by atoms with van der Waals surface area (Å²) in [4.78, 5) is 24.5. The molecule has 33 heavy (non-hydrogen) atoms. The monoisotopic (exact) mass is 448 g/mol. The normalized spacial score (nSPS) is 28.0. The molecule has 4 atom stereocenters. The van der Waals surface area contributed by atoms with Gasteiger partial charge in [-0.1, -0.05) is 38.1 Å². The zero-order valence-corrected chi connectivity index (χ0v) is 18.9. The van der Waals surface area contributed by atoms with E-state index in [4.69, 9.17) is 4.74 Å². The van der Waals surface area contributed by atoms with Crippen LogP contribution in [0.1, 0.15) is 49.8 Å². The van der Waals surface area contributed by atoms with Crippen LogP contribution in [-0.4, -0.2) is 24.0 Å². The van der Waals surface area contributed by atoms with Gasteiger partial charge in [0.15, 0.2) is 5.78 Å². The van der Waals surface area contributed by atoms with Gasteiger partial charge >= 0.3 is 0 Å². The van der Waals surface area contributed by atoms with Gasteiger partial charge in [0.2, 0.25) is 0 Å². The van der Waals surface area contributed by atoms with Crippen LogP contribution in [0.5, 0.6) is 5.75 Å². The third-order valence-electron chi connectivity index (χ3n) is 7.02. The number of nitrogens with one attached hydrogen (secondary N) is 3. The standard InChI is InChI=1S/C25H28N4O4/c1-25(2)12-18-21(19(30)13-25)20(14-7-9-17(33-3)10-8-14)22-23(27-28-24(22)26-18)15-5-4-6-16(11-15)29(31)32/h4-11,20,22-24,26-28H,12-13H2,1-3H3. The van der Waals surface area contributed by atoms with Gasteiger partial charge in [0.05, 0.1) is 24.2 Å². The van der Waals surface area contributed by atoms with Gasteiger partial charge in [-0.25, -0.2) is 10.9 Å². The summed E-state index contributed by atoms with van der Waals surface area (Å²) in [5, 5.41) is 15.0. The Morgan fingerprint density at radius 1 is 1.06 bits per heavy atom. The van der Waals surface area contributed by atoms with Crippen molar-refractivity contribution >= 4 is 11.5 Å². The largest absolute Gasteiger partial charge is 0.497 e. The van der Waals surface area contributed by atoms with Crippen molar-refractivity contribution in [3.63, 3.8) is 0 Å². The molecule has 1 fully saturated rings. The molecule has 0 radical (unpaired) electrons. The predicted octanol–water partition coefficient (Wildman–Crippen LogP) is 3.72. The van der Waals surface area contributed by atoms with Crippen molar-refractivity contribution in [3.05, 3.63) is 81.0 Å². The zero-order chi connectivity index (χ0) is 23.3. The molecule has 5 rings (SSSR count). The Morgan fingerprint density at radius 2 is 1.82 bits per heavy atom. The second-order valence-corrected chi connectivity index (χ2v) is 9.90. The number of ether oxygens (including phenoxy) is 1. The van der Waals surface area contributed by atoms with Gasteiger partial charge in [-0.2, -0.15) is 0 Å². The third-order valence-corrected chi connectivity index (χ3v) is 7.02. The molecule has 172 valence electrons. The molecule has 2 aliphatic heterocycles. The van der Waals surface area contributed by atoms with Crippen LogP contribution < -0.4 is 20.9 Å². The number of nitrogens with zero attached hydrogens (tertiary/aromatic N) is 1. The van der Waals surface area contributed by atoms with Crippen LogP contribution in [0.15, 0.2) is 59.8 Å². The van der Waals surface area contributed by atoms with Gasteiger partial charge in [-0.05, 0) is 35.1 Å². The van der Waals surface area contributed by atoms with Crippen LogP contribution >= 0.6 is 0 Å². The number of benzene rings is 2. The number of hydrogen-bond donors (Lipinski definition) is 3. The Labute approximate surface area is 192 Å². The molecule has 3 aliphatic rings. The first-order chi connectivity index (χ1) is 15.8. The van der Waals surface area contributed by atoms with Gasteiger partial charge in [0, 0.05) is 41.7 Å². The molecule has 8 nitrogen and oxygen atoms in total. The van der Waals surface area contributed by atoms with E-state index in [1.54, 1.807) is 19.2 Å². The molecule has 0 aromatic heterocycles. The Bertz CT molecular complexity index is 1140. The average Bonchev–Trinajstić information content (AvgIpc) is 3.20. The summed E-state index contributed by atoms with van der Waals surface area (Å²) in [5.74, 6) is 0.696. The van der Waals surface area contributed by atoms with Crippen molar-refractivity contribution in [2.45, 2.75) is 44.8 Å². The minimum Gasteiger partial charge on any atom is -0.497 e. The summed E-state index contributed by atoms with van der Waals surface area (Å²) < 4.78 is 5.34. The first kappa shape index (κ1) is 21.6. The van der Waals surface area contributed by atoms with Crippen molar-refractivity contribution in [2.75, 3.05) is 7.11 Å². The zero-order valence-electron chi connectivity index (χ0n) is 18.9. The molecule has 0 bridgehead atoms. The molecule has 1 saturated heterocycles. The summed E-state index contributed by atoms with van der Waals surface area (Å²) in [6, 6.07) is 14.4. The van der Waals surface area contributed by atoms with Crippen LogP contribution in [0.25, 0.3) is 0 Å². The van der Waals surface area contributed by atoms with Crippen molar-refractivity contribution in [3.8, 4) is 5.75 Å². The number of non-ortho nitro benzene ring substituents is 1. The lowest BCUT2D eigenvalue weighted by atomic mass is 9.65. The van der Waals surface area contributed by atoms with E-state index in [1.807, 2.05) is 30.3 Å². The third kappa shape index (κ3) is 3.79. The number of Topliss-reactive ketones (excluding diaryl/α,β-unsaturated/α-hetero) is 1. The molecule has 4 unspecified atom stereocenters. The Balaban J connectivity index is 1.63. The highest BCUT2D eigenvalue weighted by molar-refractivity contribution is 5.99. The first-order valence-electron chi connectivity index (χ1n) is 11.2. The number of methoxy groups -OCH3 is 1. The van der Waals surface area contributed by atoms with Crippen LogP contribution in [0.3, 0.4) is 0 Å². The molecule has 3 N–H and O–H groups in total. The van der Waals surface area contributed by atoms with E-state index >= 15 is 0 Å². The van der Waals surface area contributed by atoms with Gasteiger partial charge in [0.1, 0.15) is 5.75 Å². The van der Waals surface area contributed by atoms with E-state index in [1.165, 1.54) is 6.07 Å². The van der Waals surface area contributed by atoms with Gasteiger partial charge in [-0.15, -0.1) is 0 Å². The maximum atomic E-state index is 13.5. The minimum atomic E-state index is -0.378. The van der Waals surface area contributed by atoms with E-state index in [2.05, 4.69) is 30.0 Å². The maximum absolute atomic E-state index is 13.5. The topological polar surface area (TPSA) is 106 Å². The van der Waals surface area contributed by atoms with E-state index < -0.39 is 0 Å². The number of ketones is 1.